The molecule has 0 atom stereocenters. The summed E-state index contributed by atoms with van der Waals surface area (Å²) in [5, 5.41) is 3.46. The summed E-state index contributed by atoms with van der Waals surface area (Å²) in [5.41, 5.74) is 0. The van der Waals surface area contributed by atoms with Crippen molar-refractivity contribution in [3.8, 4) is 11.5 Å². The summed E-state index contributed by atoms with van der Waals surface area (Å²) < 4.78 is 10.7. The molecule has 0 radical (unpaired) electrons. The maximum Gasteiger partial charge on any atom is 0.119 e. The van der Waals surface area contributed by atoms with Crippen LogP contribution in [0.1, 0.15) is 26.7 Å². The zero-order chi connectivity index (χ0) is 12.5. The topological polar surface area (TPSA) is 30.5 Å². The van der Waals surface area contributed by atoms with Crippen LogP contribution in [0.25, 0.3) is 0 Å². The summed E-state index contributed by atoms with van der Waals surface area (Å²) in [6.07, 6.45) is 2.33. The van der Waals surface area contributed by atoms with Gasteiger partial charge in [-0.25, -0.2) is 0 Å². The highest BCUT2D eigenvalue weighted by Crippen LogP contribution is 2.16. The minimum absolute atomic E-state index is 0.606. The fourth-order valence-corrected chi connectivity index (χ4v) is 1.68. The number of nitrogens with one attached hydrogen (secondary N) is 1. The molecule has 0 bridgehead atoms. The lowest BCUT2D eigenvalue weighted by Crippen LogP contribution is -2.31. The molecule has 0 spiro atoms. The Morgan fingerprint density at radius 3 is 2.18 bits per heavy atom. The number of hydrogen-bond donors (Lipinski definition) is 1. The molecule has 1 aromatic rings. The second kappa shape index (κ2) is 7.96. The summed E-state index contributed by atoms with van der Waals surface area (Å²) in [4.78, 5) is 0. The number of rotatable bonds is 8. The van der Waals surface area contributed by atoms with E-state index in [0.29, 0.717) is 12.6 Å². The van der Waals surface area contributed by atoms with Gasteiger partial charge in [0.1, 0.15) is 18.1 Å². The monoisotopic (exact) mass is 237 g/mol. The van der Waals surface area contributed by atoms with Crippen LogP contribution in [-0.4, -0.2) is 26.3 Å². The third-order valence-electron chi connectivity index (χ3n) is 2.85. The van der Waals surface area contributed by atoms with Gasteiger partial charge in [0.2, 0.25) is 0 Å². The van der Waals surface area contributed by atoms with Crippen LogP contribution in [0, 0.1) is 0 Å². The molecule has 0 unspecified atom stereocenters. The van der Waals surface area contributed by atoms with Crippen molar-refractivity contribution in [3.63, 3.8) is 0 Å². The van der Waals surface area contributed by atoms with Gasteiger partial charge in [-0.1, -0.05) is 13.8 Å². The van der Waals surface area contributed by atoms with E-state index >= 15 is 0 Å². The molecule has 0 aromatic heterocycles. The predicted octanol–water partition coefficient (Wildman–Crippen LogP) is 2.85. The number of ether oxygens (including phenoxy) is 2. The van der Waals surface area contributed by atoms with E-state index in [1.165, 1.54) is 12.8 Å². The smallest absolute Gasteiger partial charge is 0.119 e. The van der Waals surface area contributed by atoms with Gasteiger partial charge >= 0.3 is 0 Å². The first-order valence-electron chi connectivity index (χ1n) is 6.30. The van der Waals surface area contributed by atoms with Crippen molar-refractivity contribution in [1.29, 1.82) is 0 Å². The maximum atomic E-state index is 5.63. The van der Waals surface area contributed by atoms with Gasteiger partial charge in [-0.2, -0.15) is 0 Å². The number of benzene rings is 1. The predicted molar refractivity (Wildman–Crippen MR) is 70.9 cm³/mol. The highest BCUT2D eigenvalue weighted by atomic mass is 16.5. The van der Waals surface area contributed by atoms with Crippen LogP contribution in [0.3, 0.4) is 0 Å². The van der Waals surface area contributed by atoms with Crippen LogP contribution >= 0.6 is 0 Å². The molecule has 1 rings (SSSR count). The second-order valence-corrected chi connectivity index (χ2v) is 3.99. The zero-order valence-electron chi connectivity index (χ0n) is 11.0. The molecular formula is C14H23NO2. The molecule has 0 aliphatic heterocycles. The maximum absolute atomic E-state index is 5.63. The van der Waals surface area contributed by atoms with Crippen molar-refractivity contribution in [2.75, 3.05) is 20.3 Å². The summed E-state index contributed by atoms with van der Waals surface area (Å²) in [7, 11) is 1.66. The van der Waals surface area contributed by atoms with Crippen LogP contribution in [0.15, 0.2) is 24.3 Å². The van der Waals surface area contributed by atoms with E-state index < -0.39 is 0 Å². The first kappa shape index (κ1) is 13.8. The van der Waals surface area contributed by atoms with E-state index in [1.807, 2.05) is 24.3 Å². The molecule has 0 aliphatic carbocycles. The number of methoxy groups -OCH3 is 1. The molecule has 0 heterocycles. The van der Waals surface area contributed by atoms with Crippen molar-refractivity contribution in [2.45, 2.75) is 32.7 Å². The highest BCUT2D eigenvalue weighted by molar-refractivity contribution is 5.31. The Hall–Kier alpha value is -1.22. The van der Waals surface area contributed by atoms with Crippen LogP contribution in [-0.2, 0) is 0 Å². The third kappa shape index (κ3) is 5.09. The number of hydrogen-bond acceptors (Lipinski definition) is 3. The molecule has 3 heteroatoms. The molecular weight excluding hydrogens is 214 g/mol. The lowest BCUT2D eigenvalue weighted by atomic mass is 10.2. The molecule has 17 heavy (non-hydrogen) atoms. The standard InChI is InChI=1S/C14H23NO2/c1-4-12(5-2)15-10-11-17-14-8-6-13(16-3)7-9-14/h6-9,12,15H,4-5,10-11H2,1-3H3. The minimum Gasteiger partial charge on any atom is -0.497 e. The SMILES string of the molecule is CCC(CC)NCCOc1ccc(OC)cc1. The Bertz CT molecular complexity index is 294. The van der Waals surface area contributed by atoms with E-state index in [0.717, 1.165) is 18.0 Å². The van der Waals surface area contributed by atoms with Crippen molar-refractivity contribution < 1.29 is 9.47 Å². The average Bonchev–Trinajstić information content (AvgIpc) is 2.40. The molecule has 0 aliphatic rings. The first-order chi connectivity index (χ1) is 8.30. The normalized spacial score (nSPS) is 10.6. The third-order valence-corrected chi connectivity index (χ3v) is 2.85. The van der Waals surface area contributed by atoms with Crippen LogP contribution < -0.4 is 14.8 Å². The van der Waals surface area contributed by atoms with Crippen molar-refractivity contribution in [2.24, 2.45) is 0 Å². The van der Waals surface area contributed by atoms with Gasteiger partial charge in [0.15, 0.2) is 0 Å². The van der Waals surface area contributed by atoms with Crippen LogP contribution in [0.4, 0.5) is 0 Å². The van der Waals surface area contributed by atoms with Gasteiger partial charge < -0.3 is 14.8 Å². The molecule has 0 saturated carbocycles. The van der Waals surface area contributed by atoms with E-state index in [4.69, 9.17) is 9.47 Å². The van der Waals surface area contributed by atoms with Gasteiger partial charge in [-0.3, -0.25) is 0 Å². The van der Waals surface area contributed by atoms with Crippen molar-refractivity contribution in [1.82, 2.24) is 5.32 Å². The van der Waals surface area contributed by atoms with Crippen LogP contribution in [0.5, 0.6) is 11.5 Å². The van der Waals surface area contributed by atoms with Crippen LogP contribution in [0.2, 0.25) is 0 Å². The quantitative estimate of drug-likeness (QED) is 0.705. The summed E-state index contributed by atoms with van der Waals surface area (Å²) in [6.45, 7) is 5.98. The first-order valence-corrected chi connectivity index (χ1v) is 6.30. The van der Waals surface area contributed by atoms with Crippen molar-refractivity contribution >= 4 is 0 Å². The van der Waals surface area contributed by atoms with Gasteiger partial charge in [0.05, 0.1) is 7.11 Å². The van der Waals surface area contributed by atoms with Gasteiger partial charge in [-0.15, -0.1) is 0 Å². The van der Waals surface area contributed by atoms with Gasteiger partial charge in [-0.05, 0) is 37.1 Å². The molecule has 0 fully saturated rings. The Balaban J connectivity index is 2.21. The molecule has 0 amide bonds. The van der Waals surface area contributed by atoms with Gasteiger partial charge in [0, 0.05) is 12.6 Å². The molecule has 0 saturated heterocycles. The summed E-state index contributed by atoms with van der Waals surface area (Å²) in [5.74, 6) is 1.74. The lowest BCUT2D eigenvalue weighted by molar-refractivity contribution is 0.302. The largest absolute Gasteiger partial charge is 0.497 e. The van der Waals surface area contributed by atoms with E-state index in [1.54, 1.807) is 7.11 Å². The van der Waals surface area contributed by atoms with E-state index in [-0.39, 0.29) is 0 Å². The Labute approximate surface area is 104 Å². The van der Waals surface area contributed by atoms with E-state index in [2.05, 4.69) is 19.2 Å². The van der Waals surface area contributed by atoms with Gasteiger partial charge in [0.25, 0.3) is 0 Å². The minimum atomic E-state index is 0.606. The lowest BCUT2D eigenvalue weighted by Gasteiger charge is -2.14. The Morgan fingerprint density at radius 2 is 1.65 bits per heavy atom. The van der Waals surface area contributed by atoms with E-state index in [9.17, 15) is 0 Å². The molecule has 1 N–H and O–H groups in total. The Morgan fingerprint density at radius 1 is 1.06 bits per heavy atom. The molecule has 96 valence electrons. The summed E-state index contributed by atoms with van der Waals surface area (Å²) in [6, 6.07) is 8.27. The molecule has 3 nitrogen and oxygen atoms in total. The summed E-state index contributed by atoms with van der Waals surface area (Å²) >= 11 is 0. The second-order valence-electron chi connectivity index (χ2n) is 3.99. The fraction of sp³-hybridized carbons (Fsp3) is 0.571. The highest BCUT2D eigenvalue weighted by Gasteiger charge is 2.01. The Kier molecular flexibility index (Phi) is 6.48. The average molecular weight is 237 g/mol. The fourth-order valence-electron chi connectivity index (χ4n) is 1.68. The van der Waals surface area contributed by atoms with Crippen molar-refractivity contribution in [3.05, 3.63) is 24.3 Å². The molecule has 1 aromatic carbocycles. The zero-order valence-corrected chi connectivity index (χ0v) is 11.0.